The lowest BCUT2D eigenvalue weighted by Crippen LogP contribution is -2.25. The molecule has 5 heteroatoms. The minimum Gasteiger partial charge on any atom is -0.545 e. The van der Waals surface area contributed by atoms with Crippen molar-refractivity contribution in [3.8, 4) is 0 Å². The summed E-state index contributed by atoms with van der Waals surface area (Å²) in [6, 6.07) is 9.92. The minimum absolute atomic E-state index is 0.0730. The summed E-state index contributed by atoms with van der Waals surface area (Å²) in [4.78, 5) is 23.0. The van der Waals surface area contributed by atoms with Gasteiger partial charge in [0.2, 0.25) is 0 Å². The lowest BCUT2D eigenvalue weighted by Gasteiger charge is -2.13. The summed E-state index contributed by atoms with van der Waals surface area (Å²) in [5, 5.41) is 13.4. The third-order valence-corrected chi connectivity index (χ3v) is 2.76. The van der Waals surface area contributed by atoms with Gasteiger partial charge in [-0.05, 0) is 31.2 Å². The van der Waals surface area contributed by atoms with Gasteiger partial charge in [-0.1, -0.05) is 23.8 Å². The summed E-state index contributed by atoms with van der Waals surface area (Å²) in [5.74, 6) is -2.79. The number of aromatic carboxylic acids is 1. The second-order valence-electron chi connectivity index (χ2n) is 4.27. The van der Waals surface area contributed by atoms with E-state index in [0.717, 1.165) is 6.07 Å². The molecule has 0 bridgehead atoms. The first-order valence-corrected chi connectivity index (χ1v) is 5.87. The van der Waals surface area contributed by atoms with Crippen LogP contribution in [0.4, 0.5) is 10.1 Å². The monoisotopic (exact) mass is 272 g/mol. The van der Waals surface area contributed by atoms with Gasteiger partial charge in [0.15, 0.2) is 0 Å². The summed E-state index contributed by atoms with van der Waals surface area (Å²) < 4.78 is 13.5. The van der Waals surface area contributed by atoms with Gasteiger partial charge in [0, 0.05) is 5.56 Å². The van der Waals surface area contributed by atoms with Crippen molar-refractivity contribution in [2.24, 2.45) is 0 Å². The van der Waals surface area contributed by atoms with Crippen molar-refractivity contribution < 1.29 is 19.1 Å². The van der Waals surface area contributed by atoms with Gasteiger partial charge >= 0.3 is 0 Å². The highest BCUT2D eigenvalue weighted by Gasteiger charge is 2.13. The summed E-state index contributed by atoms with van der Waals surface area (Å²) in [7, 11) is 0. The quantitative estimate of drug-likeness (QED) is 0.925. The van der Waals surface area contributed by atoms with Crippen LogP contribution in [0.5, 0.6) is 0 Å². The van der Waals surface area contributed by atoms with E-state index in [2.05, 4.69) is 5.32 Å². The fourth-order valence-corrected chi connectivity index (χ4v) is 1.77. The van der Waals surface area contributed by atoms with Crippen LogP contribution in [-0.4, -0.2) is 11.9 Å². The van der Waals surface area contributed by atoms with Crippen LogP contribution in [0, 0.1) is 12.7 Å². The summed E-state index contributed by atoms with van der Waals surface area (Å²) in [5.41, 5.74) is 0.490. The maximum atomic E-state index is 13.5. The van der Waals surface area contributed by atoms with Crippen molar-refractivity contribution in [1.29, 1.82) is 0 Å². The molecule has 2 aromatic carbocycles. The van der Waals surface area contributed by atoms with E-state index >= 15 is 0 Å². The molecular formula is C15H11FNO3-. The predicted octanol–water partition coefficient (Wildman–Crippen LogP) is 1.75. The number of carboxylic acid groups (broad SMARTS) is 1. The highest BCUT2D eigenvalue weighted by molar-refractivity contribution is 6.07. The molecule has 1 amide bonds. The third-order valence-electron chi connectivity index (χ3n) is 2.76. The molecular weight excluding hydrogens is 261 g/mol. The number of benzene rings is 2. The molecule has 0 saturated carbocycles. The maximum absolute atomic E-state index is 13.5. The summed E-state index contributed by atoms with van der Waals surface area (Å²) in [6.07, 6.45) is 0. The number of hydrogen-bond acceptors (Lipinski definition) is 3. The highest BCUT2D eigenvalue weighted by atomic mass is 19.1. The molecule has 0 radical (unpaired) electrons. The van der Waals surface area contributed by atoms with Crippen LogP contribution in [-0.2, 0) is 0 Å². The molecule has 20 heavy (non-hydrogen) atoms. The average molecular weight is 272 g/mol. The molecule has 0 aliphatic heterocycles. The number of nitrogens with one attached hydrogen (secondary N) is 1. The van der Waals surface area contributed by atoms with Crippen molar-refractivity contribution in [1.82, 2.24) is 0 Å². The Kier molecular flexibility index (Phi) is 3.79. The Hall–Kier alpha value is -2.69. The van der Waals surface area contributed by atoms with E-state index < -0.39 is 17.7 Å². The Morgan fingerprint density at radius 3 is 2.45 bits per heavy atom. The standard InChI is InChI=1S/C15H12FNO3/c1-9-6-7-13(11(8-9)15(19)20)17-14(18)10-4-2-3-5-12(10)16/h2-8H,1H3,(H,17,18)(H,19,20)/p-1. The van der Waals surface area contributed by atoms with Crippen LogP contribution >= 0.6 is 0 Å². The number of amides is 1. The molecule has 0 aromatic heterocycles. The number of rotatable bonds is 3. The van der Waals surface area contributed by atoms with E-state index in [1.807, 2.05) is 0 Å². The zero-order valence-corrected chi connectivity index (χ0v) is 10.6. The molecule has 0 heterocycles. The molecule has 0 aliphatic carbocycles. The maximum Gasteiger partial charge on any atom is 0.258 e. The van der Waals surface area contributed by atoms with Crippen LogP contribution in [0.3, 0.4) is 0 Å². The fraction of sp³-hybridized carbons (Fsp3) is 0.0667. The second kappa shape index (κ2) is 5.52. The Morgan fingerprint density at radius 2 is 1.80 bits per heavy atom. The average Bonchev–Trinajstić information content (AvgIpc) is 2.41. The van der Waals surface area contributed by atoms with E-state index in [1.165, 1.54) is 30.3 Å². The van der Waals surface area contributed by atoms with Gasteiger partial charge in [-0.15, -0.1) is 0 Å². The van der Waals surface area contributed by atoms with Crippen molar-refractivity contribution in [3.05, 3.63) is 65.0 Å². The Bertz CT molecular complexity index is 683. The van der Waals surface area contributed by atoms with Gasteiger partial charge in [0.05, 0.1) is 17.2 Å². The second-order valence-corrected chi connectivity index (χ2v) is 4.27. The number of aryl methyl sites for hydroxylation is 1. The normalized spacial score (nSPS) is 10.1. The summed E-state index contributed by atoms with van der Waals surface area (Å²) >= 11 is 0. The molecule has 0 spiro atoms. The van der Waals surface area contributed by atoms with E-state index in [0.29, 0.717) is 5.56 Å². The zero-order chi connectivity index (χ0) is 14.7. The number of halogens is 1. The smallest absolute Gasteiger partial charge is 0.258 e. The van der Waals surface area contributed by atoms with E-state index in [9.17, 15) is 19.1 Å². The lowest BCUT2D eigenvalue weighted by molar-refractivity contribution is -0.254. The number of carbonyl (C=O) groups excluding carboxylic acids is 2. The highest BCUT2D eigenvalue weighted by Crippen LogP contribution is 2.18. The molecule has 1 N–H and O–H groups in total. The molecule has 2 aromatic rings. The van der Waals surface area contributed by atoms with Gasteiger partial charge in [-0.3, -0.25) is 4.79 Å². The molecule has 4 nitrogen and oxygen atoms in total. The van der Waals surface area contributed by atoms with Crippen LogP contribution in [0.2, 0.25) is 0 Å². The Labute approximate surface area is 114 Å². The molecule has 2 rings (SSSR count). The van der Waals surface area contributed by atoms with Crippen molar-refractivity contribution in [3.63, 3.8) is 0 Å². The van der Waals surface area contributed by atoms with Crippen molar-refractivity contribution >= 4 is 17.6 Å². The predicted molar refractivity (Wildman–Crippen MR) is 69.9 cm³/mol. The fourth-order valence-electron chi connectivity index (χ4n) is 1.77. The Morgan fingerprint density at radius 1 is 1.10 bits per heavy atom. The summed E-state index contributed by atoms with van der Waals surface area (Å²) in [6.45, 7) is 1.72. The zero-order valence-electron chi connectivity index (χ0n) is 10.6. The van der Waals surface area contributed by atoms with Gasteiger partial charge in [-0.25, -0.2) is 4.39 Å². The van der Waals surface area contributed by atoms with Gasteiger partial charge < -0.3 is 15.2 Å². The topological polar surface area (TPSA) is 69.2 Å². The number of hydrogen-bond donors (Lipinski definition) is 1. The van der Waals surface area contributed by atoms with Crippen molar-refractivity contribution in [2.75, 3.05) is 5.32 Å². The number of carbonyl (C=O) groups is 2. The largest absolute Gasteiger partial charge is 0.545 e. The first-order valence-electron chi connectivity index (χ1n) is 5.87. The van der Waals surface area contributed by atoms with Crippen LogP contribution in [0.1, 0.15) is 26.3 Å². The van der Waals surface area contributed by atoms with Crippen LogP contribution < -0.4 is 10.4 Å². The molecule has 0 unspecified atom stereocenters. The van der Waals surface area contributed by atoms with Gasteiger partial charge in [-0.2, -0.15) is 0 Å². The Balaban J connectivity index is 2.33. The molecule has 0 fully saturated rings. The lowest BCUT2D eigenvalue weighted by atomic mass is 10.1. The van der Waals surface area contributed by atoms with Crippen LogP contribution in [0.15, 0.2) is 42.5 Å². The van der Waals surface area contributed by atoms with Crippen LogP contribution in [0.25, 0.3) is 0 Å². The van der Waals surface area contributed by atoms with E-state index in [1.54, 1.807) is 13.0 Å². The van der Waals surface area contributed by atoms with Gasteiger partial charge in [0.1, 0.15) is 5.82 Å². The number of anilines is 1. The number of carboxylic acids is 1. The van der Waals surface area contributed by atoms with E-state index in [-0.39, 0.29) is 16.8 Å². The van der Waals surface area contributed by atoms with E-state index in [4.69, 9.17) is 0 Å². The first kappa shape index (κ1) is 13.7. The molecule has 0 aliphatic rings. The SMILES string of the molecule is Cc1ccc(NC(=O)c2ccccc2F)c(C(=O)[O-])c1. The first-order chi connectivity index (χ1) is 9.49. The molecule has 0 atom stereocenters. The molecule has 102 valence electrons. The van der Waals surface area contributed by atoms with Gasteiger partial charge in [0.25, 0.3) is 5.91 Å². The van der Waals surface area contributed by atoms with Crippen molar-refractivity contribution in [2.45, 2.75) is 6.92 Å². The third kappa shape index (κ3) is 2.83. The minimum atomic E-state index is -1.41. The molecule has 0 saturated heterocycles.